The van der Waals surface area contributed by atoms with Gasteiger partial charge in [0.25, 0.3) is 5.56 Å². The fourth-order valence-electron chi connectivity index (χ4n) is 2.21. The number of H-pyrrole nitrogens is 1. The maximum atomic E-state index is 14.5. The molecule has 10 heteroatoms. The van der Waals surface area contributed by atoms with Crippen LogP contribution in [0.15, 0.2) is 10.9 Å². The van der Waals surface area contributed by atoms with Crippen LogP contribution in [-0.2, 0) is 0 Å². The second-order valence-electron chi connectivity index (χ2n) is 4.76. The van der Waals surface area contributed by atoms with E-state index in [9.17, 15) is 33.4 Å². The zero-order chi connectivity index (χ0) is 18.3. The molecule has 0 aliphatic heterocycles. The third-order valence-corrected chi connectivity index (χ3v) is 3.62. The Morgan fingerprint density at radius 3 is 2.21 bits per heavy atom. The zero-order valence-electron chi connectivity index (χ0n) is 11.9. The summed E-state index contributed by atoms with van der Waals surface area (Å²) in [6.45, 7) is 1.04. The molecule has 1 aromatic heterocycles. The van der Waals surface area contributed by atoms with Crippen LogP contribution in [0, 0.1) is 18.6 Å². The number of aromatic nitrogens is 1. The number of carboxylic acid groups (broad SMARTS) is 2. The predicted molar refractivity (Wildman–Crippen MR) is 80.5 cm³/mol. The fourth-order valence-corrected chi connectivity index (χ4v) is 2.49. The largest absolute Gasteiger partial charge is 0.478 e. The molecule has 0 saturated heterocycles. The maximum Gasteiger partial charge on any atom is 0.342 e. The molecule has 0 fully saturated rings. The van der Waals surface area contributed by atoms with Gasteiger partial charge >= 0.3 is 11.9 Å². The van der Waals surface area contributed by atoms with Crippen molar-refractivity contribution in [2.24, 2.45) is 0 Å². The zero-order valence-corrected chi connectivity index (χ0v) is 12.7. The molecule has 2 aromatic rings. The molecule has 0 aliphatic carbocycles. The first kappa shape index (κ1) is 17.4. The molecule has 1 aromatic carbocycles. The van der Waals surface area contributed by atoms with Gasteiger partial charge in [-0.3, -0.25) is 4.79 Å². The number of aromatic carboxylic acids is 2. The van der Waals surface area contributed by atoms with Crippen LogP contribution in [0.1, 0.15) is 26.3 Å². The third-order valence-electron chi connectivity index (χ3n) is 3.32. The van der Waals surface area contributed by atoms with Crippen LogP contribution >= 0.6 is 11.6 Å². The summed E-state index contributed by atoms with van der Waals surface area (Å²) in [6.07, 6.45) is 0. The van der Waals surface area contributed by atoms with Crippen molar-refractivity contribution < 1.29 is 28.6 Å². The van der Waals surface area contributed by atoms with Gasteiger partial charge in [-0.25, -0.2) is 18.4 Å². The lowest BCUT2D eigenvalue weighted by atomic mass is 9.93. The number of nitrogen functional groups attached to an aromatic ring is 1. The number of carboxylic acids is 2. The molecule has 0 radical (unpaired) electrons. The summed E-state index contributed by atoms with van der Waals surface area (Å²) in [7, 11) is 0. The van der Waals surface area contributed by atoms with E-state index in [1.54, 1.807) is 0 Å². The van der Waals surface area contributed by atoms with Crippen LogP contribution in [0.3, 0.4) is 0 Å². The van der Waals surface area contributed by atoms with E-state index in [0.717, 1.165) is 6.92 Å². The first-order chi connectivity index (χ1) is 11.1. The highest BCUT2D eigenvalue weighted by atomic mass is 35.5. The monoisotopic (exact) mass is 358 g/mol. The Kier molecular flexibility index (Phi) is 4.30. The van der Waals surface area contributed by atoms with Crippen LogP contribution in [-0.4, -0.2) is 27.1 Å². The lowest BCUT2D eigenvalue weighted by Crippen LogP contribution is -2.24. The van der Waals surface area contributed by atoms with E-state index in [4.69, 9.17) is 17.3 Å². The number of pyridine rings is 1. The predicted octanol–water partition coefficient (Wildman–Crippen LogP) is 2.26. The van der Waals surface area contributed by atoms with E-state index in [-0.39, 0.29) is 0 Å². The summed E-state index contributed by atoms with van der Waals surface area (Å²) >= 11 is 5.78. The fraction of sp³-hybridized carbons (Fsp3) is 0.0714. The summed E-state index contributed by atoms with van der Waals surface area (Å²) in [5, 5.41) is 17.9. The van der Waals surface area contributed by atoms with Crippen LogP contribution < -0.4 is 11.3 Å². The number of hydrogen-bond donors (Lipinski definition) is 4. The lowest BCUT2D eigenvalue weighted by molar-refractivity contribution is 0.0695. The van der Waals surface area contributed by atoms with Gasteiger partial charge < -0.3 is 20.9 Å². The van der Waals surface area contributed by atoms with Crippen molar-refractivity contribution >= 4 is 29.4 Å². The van der Waals surface area contributed by atoms with Gasteiger partial charge in [0.05, 0.1) is 5.02 Å². The molecule has 0 spiro atoms. The maximum absolute atomic E-state index is 14.5. The molecule has 0 unspecified atom stereocenters. The van der Waals surface area contributed by atoms with Crippen LogP contribution in [0.5, 0.6) is 0 Å². The lowest BCUT2D eigenvalue weighted by Gasteiger charge is -2.15. The van der Waals surface area contributed by atoms with Gasteiger partial charge in [0, 0.05) is 16.7 Å². The molecule has 24 heavy (non-hydrogen) atoms. The Morgan fingerprint density at radius 2 is 1.71 bits per heavy atom. The number of rotatable bonds is 3. The molecule has 5 N–H and O–H groups in total. The molecule has 0 aliphatic rings. The number of carbonyl (C=O) groups is 2. The summed E-state index contributed by atoms with van der Waals surface area (Å²) in [4.78, 5) is 36.6. The summed E-state index contributed by atoms with van der Waals surface area (Å²) in [5.41, 5.74) is 0.147. The standard InChI is InChI=1S/C14H9ClF2N2O5/c1-3-5(16)2-4(15)6(10(3)17)7-8(13(21)22)11(18)19-12(20)9(7)14(23)24/h2H,1H3,(H,21,22)(H,23,24)(H3,18,19,20). The number of anilines is 1. The average molecular weight is 359 g/mol. The van der Waals surface area contributed by atoms with Crippen molar-refractivity contribution in [1.29, 1.82) is 0 Å². The van der Waals surface area contributed by atoms with Gasteiger partial charge in [0.1, 0.15) is 28.6 Å². The number of nitrogens with one attached hydrogen (secondary N) is 1. The average Bonchev–Trinajstić information content (AvgIpc) is 2.43. The van der Waals surface area contributed by atoms with E-state index in [1.165, 1.54) is 0 Å². The number of aromatic amines is 1. The second kappa shape index (κ2) is 5.93. The van der Waals surface area contributed by atoms with Crippen LogP contribution in [0.2, 0.25) is 5.02 Å². The Hall–Kier alpha value is -2.94. The Morgan fingerprint density at radius 1 is 1.17 bits per heavy atom. The second-order valence-corrected chi connectivity index (χ2v) is 5.16. The summed E-state index contributed by atoms with van der Waals surface area (Å²) in [6, 6.07) is 0.684. The first-order valence-corrected chi connectivity index (χ1v) is 6.62. The highest BCUT2D eigenvalue weighted by Gasteiger charge is 2.30. The van der Waals surface area contributed by atoms with E-state index in [2.05, 4.69) is 0 Å². The first-order valence-electron chi connectivity index (χ1n) is 6.24. The molecule has 0 atom stereocenters. The van der Waals surface area contributed by atoms with Crippen LogP contribution in [0.25, 0.3) is 11.1 Å². The van der Waals surface area contributed by atoms with Crippen molar-refractivity contribution in [2.45, 2.75) is 6.92 Å². The van der Waals surface area contributed by atoms with Crippen LogP contribution in [0.4, 0.5) is 14.6 Å². The Balaban J connectivity index is 3.15. The molecule has 0 bridgehead atoms. The van der Waals surface area contributed by atoms with Crippen molar-refractivity contribution in [3.05, 3.63) is 49.8 Å². The highest BCUT2D eigenvalue weighted by molar-refractivity contribution is 6.34. The number of halogens is 3. The van der Waals surface area contributed by atoms with Gasteiger partial charge in [-0.15, -0.1) is 0 Å². The topological polar surface area (TPSA) is 133 Å². The van der Waals surface area contributed by atoms with Crippen molar-refractivity contribution in [3.8, 4) is 11.1 Å². The molecule has 1 heterocycles. The van der Waals surface area contributed by atoms with Gasteiger partial charge in [-0.2, -0.15) is 0 Å². The van der Waals surface area contributed by atoms with E-state index in [1.807, 2.05) is 4.98 Å². The SMILES string of the molecule is Cc1c(F)cc(Cl)c(-c2c(C(=O)O)c(N)[nH]c(=O)c2C(=O)O)c1F. The minimum Gasteiger partial charge on any atom is -0.478 e. The van der Waals surface area contributed by atoms with Gasteiger partial charge in [-0.1, -0.05) is 11.6 Å². The van der Waals surface area contributed by atoms with Gasteiger partial charge in [0.15, 0.2) is 0 Å². The highest BCUT2D eigenvalue weighted by Crippen LogP contribution is 2.38. The smallest absolute Gasteiger partial charge is 0.342 e. The number of benzene rings is 1. The van der Waals surface area contributed by atoms with E-state index < -0.39 is 67.8 Å². The summed E-state index contributed by atoms with van der Waals surface area (Å²) in [5.74, 6) is -6.56. The summed E-state index contributed by atoms with van der Waals surface area (Å²) < 4.78 is 28.1. The van der Waals surface area contributed by atoms with Crippen molar-refractivity contribution in [1.82, 2.24) is 4.98 Å². The Labute approximate surface area is 137 Å². The van der Waals surface area contributed by atoms with E-state index in [0.29, 0.717) is 6.07 Å². The third kappa shape index (κ3) is 2.58. The number of hydrogen-bond acceptors (Lipinski definition) is 4. The molecular formula is C14H9ClF2N2O5. The molecular weight excluding hydrogens is 350 g/mol. The van der Waals surface area contributed by atoms with Crippen molar-refractivity contribution in [2.75, 3.05) is 5.73 Å². The van der Waals surface area contributed by atoms with Crippen molar-refractivity contribution in [3.63, 3.8) is 0 Å². The molecule has 126 valence electrons. The van der Waals surface area contributed by atoms with Gasteiger partial charge in [-0.05, 0) is 13.0 Å². The minimum atomic E-state index is -1.83. The molecule has 0 amide bonds. The molecule has 7 nitrogen and oxygen atoms in total. The Bertz CT molecular complexity index is 955. The quantitative estimate of drug-likeness (QED) is 0.665. The van der Waals surface area contributed by atoms with E-state index >= 15 is 0 Å². The normalized spacial score (nSPS) is 10.7. The van der Waals surface area contributed by atoms with Gasteiger partial charge in [0.2, 0.25) is 0 Å². The number of nitrogens with two attached hydrogens (primary N) is 1. The molecule has 2 rings (SSSR count). The minimum absolute atomic E-state index is 0.527. The molecule has 0 saturated carbocycles.